The monoisotopic (exact) mass is 252 g/mol. The Hall–Kier alpha value is 0. The molecule has 0 bridgehead atoms. The van der Waals surface area contributed by atoms with Gasteiger partial charge < -0.3 is 0 Å². The second-order valence-corrected chi connectivity index (χ2v) is 8.60. The molecule has 0 aromatic carbocycles. The first-order valence-electron chi connectivity index (χ1n) is 8.18. The summed E-state index contributed by atoms with van der Waals surface area (Å²) in [6.45, 7) is 16.8. The molecule has 0 aliphatic heterocycles. The first kappa shape index (κ1) is 16.1. The Labute approximate surface area is 116 Å². The van der Waals surface area contributed by atoms with Crippen LogP contribution in [0.15, 0.2) is 0 Å². The van der Waals surface area contributed by atoms with E-state index in [2.05, 4.69) is 48.5 Å². The van der Waals surface area contributed by atoms with Crippen molar-refractivity contribution in [2.75, 3.05) is 0 Å². The second kappa shape index (κ2) is 5.97. The molecule has 0 amide bonds. The zero-order valence-corrected chi connectivity index (χ0v) is 14.0. The van der Waals surface area contributed by atoms with Crippen LogP contribution in [0.5, 0.6) is 0 Å². The molecular formula is C18H36. The fourth-order valence-corrected chi connectivity index (χ4v) is 3.74. The van der Waals surface area contributed by atoms with Crippen LogP contribution in [-0.4, -0.2) is 0 Å². The van der Waals surface area contributed by atoms with Crippen LogP contribution in [0.25, 0.3) is 0 Å². The lowest BCUT2D eigenvalue weighted by molar-refractivity contribution is -0.0268. The Kier molecular flexibility index (Phi) is 5.32. The Morgan fingerprint density at radius 2 is 1.67 bits per heavy atom. The molecule has 1 atom stereocenters. The van der Waals surface area contributed by atoms with Crippen LogP contribution in [-0.2, 0) is 0 Å². The molecule has 18 heavy (non-hydrogen) atoms. The van der Waals surface area contributed by atoms with Crippen LogP contribution in [0, 0.1) is 28.6 Å². The van der Waals surface area contributed by atoms with Gasteiger partial charge in [0.1, 0.15) is 0 Å². The van der Waals surface area contributed by atoms with Crippen molar-refractivity contribution in [1.82, 2.24) is 0 Å². The molecule has 0 radical (unpaired) electrons. The molecule has 0 saturated heterocycles. The maximum atomic E-state index is 2.45. The molecule has 0 nitrogen and oxygen atoms in total. The molecule has 0 spiro atoms. The van der Waals surface area contributed by atoms with Gasteiger partial charge in [-0.25, -0.2) is 0 Å². The highest BCUT2D eigenvalue weighted by atomic mass is 14.5. The SMILES string of the molecule is CCC1(CCC(C)CC(C)C)CC(C(C)(C)C)C1. The summed E-state index contributed by atoms with van der Waals surface area (Å²) in [7, 11) is 0. The molecule has 1 aliphatic rings. The molecule has 1 rings (SSSR count). The number of rotatable bonds is 6. The van der Waals surface area contributed by atoms with Crippen LogP contribution >= 0.6 is 0 Å². The average molecular weight is 252 g/mol. The molecule has 1 saturated carbocycles. The Balaban J connectivity index is 2.36. The van der Waals surface area contributed by atoms with Crippen molar-refractivity contribution in [1.29, 1.82) is 0 Å². The van der Waals surface area contributed by atoms with Crippen LogP contribution in [0.4, 0.5) is 0 Å². The lowest BCUT2D eigenvalue weighted by Gasteiger charge is -2.53. The molecule has 0 heterocycles. The van der Waals surface area contributed by atoms with Crippen molar-refractivity contribution in [2.24, 2.45) is 28.6 Å². The van der Waals surface area contributed by atoms with Gasteiger partial charge in [0.2, 0.25) is 0 Å². The lowest BCUT2D eigenvalue weighted by Crippen LogP contribution is -2.43. The summed E-state index contributed by atoms with van der Waals surface area (Å²) in [5.41, 5.74) is 1.24. The van der Waals surface area contributed by atoms with Gasteiger partial charge in [-0.05, 0) is 54.3 Å². The number of hydrogen-bond donors (Lipinski definition) is 0. The van der Waals surface area contributed by atoms with E-state index in [1.165, 1.54) is 38.5 Å². The van der Waals surface area contributed by atoms with Gasteiger partial charge in [0.15, 0.2) is 0 Å². The van der Waals surface area contributed by atoms with Gasteiger partial charge in [0.05, 0.1) is 0 Å². The third kappa shape index (κ3) is 4.28. The largest absolute Gasteiger partial charge is 0.0649 e. The zero-order chi connectivity index (χ0) is 14.0. The van der Waals surface area contributed by atoms with Crippen LogP contribution < -0.4 is 0 Å². The van der Waals surface area contributed by atoms with E-state index in [-0.39, 0.29) is 0 Å². The van der Waals surface area contributed by atoms with Crippen molar-refractivity contribution < 1.29 is 0 Å². The fourth-order valence-electron chi connectivity index (χ4n) is 3.74. The molecular weight excluding hydrogens is 216 g/mol. The molecule has 0 aromatic rings. The molecule has 0 aromatic heterocycles. The van der Waals surface area contributed by atoms with E-state index in [1.54, 1.807) is 0 Å². The smallest absolute Gasteiger partial charge is 0.0294 e. The first-order valence-corrected chi connectivity index (χ1v) is 8.18. The van der Waals surface area contributed by atoms with E-state index in [4.69, 9.17) is 0 Å². The van der Waals surface area contributed by atoms with Crippen LogP contribution in [0.1, 0.15) is 87.0 Å². The van der Waals surface area contributed by atoms with E-state index in [0.29, 0.717) is 10.8 Å². The highest BCUT2D eigenvalue weighted by Gasteiger charge is 2.46. The van der Waals surface area contributed by atoms with Gasteiger partial charge in [-0.15, -0.1) is 0 Å². The summed E-state index contributed by atoms with van der Waals surface area (Å²) in [5, 5.41) is 0. The van der Waals surface area contributed by atoms with Crippen molar-refractivity contribution in [3.63, 3.8) is 0 Å². The zero-order valence-electron chi connectivity index (χ0n) is 14.0. The minimum atomic E-state index is 0.530. The van der Waals surface area contributed by atoms with Gasteiger partial charge in [0.25, 0.3) is 0 Å². The fraction of sp³-hybridized carbons (Fsp3) is 1.00. The van der Waals surface area contributed by atoms with Crippen LogP contribution in [0.2, 0.25) is 0 Å². The molecule has 108 valence electrons. The Morgan fingerprint density at radius 3 is 2.06 bits per heavy atom. The molecule has 1 aliphatic carbocycles. The summed E-state index contributed by atoms with van der Waals surface area (Å²) in [4.78, 5) is 0. The van der Waals surface area contributed by atoms with Gasteiger partial charge in [0, 0.05) is 0 Å². The Bertz CT molecular complexity index is 237. The topological polar surface area (TPSA) is 0 Å². The van der Waals surface area contributed by atoms with E-state index in [0.717, 1.165) is 17.8 Å². The quantitative estimate of drug-likeness (QED) is 0.520. The summed E-state index contributed by atoms with van der Waals surface area (Å²) in [6, 6.07) is 0. The maximum absolute atomic E-state index is 2.45. The normalized spacial score (nSPS) is 30.3. The first-order chi connectivity index (χ1) is 8.18. The lowest BCUT2D eigenvalue weighted by atomic mass is 9.52. The predicted octanol–water partition coefficient (Wildman–Crippen LogP) is 6.30. The summed E-state index contributed by atoms with van der Waals surface area (Å²) in [5.74, 6) is 2.75. The highest BCUT2D eigenvalue weighted by Crippen LogP contribution is 2.57. The molecule has 0 heteroatoms. The standard InChI is InChI=1S/C18H36/c1-8-18(10-9-15(4)11-14(2)3)12-16(13-18)17(5,6)7/h14-16H,8-13H2,1-7H3. The molecule has 1 unspecified atom stereocenters. The van der Waals surface area contributed by atoms with E-state index in [9.17, 15) is 0 Å². The van der Waals surface area contributed by atoms with Gasteiger partial charge in [-0.2, -0.15) is 0 Å². The summed E-state index contributed by atoms with van der Waals surface area (Å²) in [6.07, 6.45) is 8.70. The van der Waals surface area contributed by atoms with Gasteiger partial charge in [-0.1, -0.05) is 61.3 Å². The van der Waals surface area contributed by atoms with Crippen molar-refractivity contribution in [3.8, 4) is 0 Å². The van der Waals surface area contributed by atoms with Gasteiger partial charge >= 0.3 is 0 Å². The van der Waals surface area contributed by atoms with E-state index >= 15 is 0 Å². The number of hydrogen-bond acceptors (Lipinski definition) is 0. The van der Waals surface area contributed by atoms with E-state index in [1.807, 2.05) is 0 Å². The third-order valence-electron chi connectivity index (χ3n) is 5.37. The van der Waals surface area contributed by atoms with Crippen molar-refractivity contribution in [2.45, 2.75) is 87.0 Å². The second-order valence-electron chi connectivity index (χ2n) is 8.60. The van der Waals surface area contributed by atoms with Crippen LogP contribution in [0.3, 0.4) is 0 Å². The van der Waals surface area contributed by atoms with Crippen molar-refractivity contribution in [3.05, 3.63) is 0 Å². The van der Waals surface area contributed by atoms with Crippen molar-refractivity contribution >= 4 is 0 Å². The molecule has 1 fully saturated rings. The third-order valence-corrected chi connectivity index (χ3v) is 5.37. The average Bonchev–Trinajstić information content (AvgIpc) is 2.13. The van der Waals surface area contributed by atoms with Gasteiger partial charge in [-0.3, -0.25) is 0 Å². The Morgan fingerprint density at radius 1 is 1.11 bits per heavy atom. The summed E-state index contributed by atoms with van der Waals surface area (Å²) >= 11 is 0. The highest BCUT2D eigenvalue weighted by molar-refractivity contribution is 4.97. The minimum absolute atomic E-state index is 0.530. The maximum Gasteiger partial charge on any atom is -0.0294 e. The predicted molar refractivity (Wildman–Crippen MR) is 82.8 cm³/mol. The molecule has 0 N–H and O–H groups in total. The van der Waals surface area contributed by atoms with E-state index < -0.39 is 0 Å². The summed E-state index contributed by atoms with van der Waals surface area (Å²) < 4.78 is 0. The minimum Gasteiger partial charge on any atom is -0.0649 e.